The lowest BCUT2D eigenvalue weighted by Gasteiger charge is -2.13. The molecule has 20 heavy (non-hydrogen) atoms. The van der Waals surface area contributed by atoms with E-state index in [2.05, 4.69) is 26.2 Å². The smallest absolute Gasteiger partial charge is 0.150 e. The zero-order chi connectivity index (χ0) is 14.9. The maximum Gasteiger partial charge on any atom is 0.150 e. The highest BCUT2D eigenvalue weighted by molar-refractivity contribution is 9.10. The molecule has 0 amide bonds. The van der Waals surface area contributed by atoms with Crippen LogP contribution in [-0.2, 0) is 0 Å². The lowest BCUT2D eigenvalue weighted by Crippen LogP contribution is -2.02. The average molecular weight is 338 g/mol. The van der Waals surface area contributed by atoms with Crippen molar-refractivity contribution in [2.45, 2.75) is 13.8 Å². The molecule has 0 saturated heterocycles. The Balaban J connectivity index is 2.54. The van der Waals surface area contributed by atoms with E-state index in [1.54, 1.807) is 19.9 Å². The number of rotatable bonds is 2. The Hall–Kier alpha value is -2.00. The number of anilines is 2. The number of benzene rings is 1. The summed E-state index contributed by atoms with van der Waals surface area (Å²) in [5, 5.41) is 12.0. The summed E-state index contributed by atoms with van der Waals surface area (Å²) in [6.45, 7) is 3.47. The van der Waals surface area contributed by atoms with Gasteiger partial charge in [-0.15, -0.1) is 0 Å². The second kappa shape index (κ2) is 5.55. The molecule has 102 valence electrons. The number of pyridine rings is 1. The van der Waals surface area contributed by atoms with Crippen LogP contribution in [0.1, 0.15) is 17.0 Å². The molecule has 1 aromatic carbocycles. The van der Waals surface area contributed by atoms with E-state index in [4.69, 9.17) is 5.26 Å². The molecule has 0 aliphatic carbocycles. The molecule has 3 nitrogen and oxygen atoms in total. The van der Waals surface area contributed by atoms with E-state index in [9.17, 15) is 8.78 Å². The molecular formula is C14H10BrF2N3. The Morgan fingerprint density at radius 1 is 1.25 bits per heavy atom. The van der Waals surface area contributed by atoms with Gasteiger partial charge in [0.1, 0.15) is 11.9 Å². The van der Waals surface area contributed by atoms with Crippen LogP contribution in [0.15, 0.2) is 22.7 Å². The van der Waals surface area contributed by atoms with Crippen LogP contribution in [0.2, 0.25) is 0 Å². The van der Waals surface area contributed by atoms with Crippen LogP contribution >= 0.6 is 15.9 Å². The van der Waals surface area contributed by atoms with E-state index >= 15 is 0 Å². The fourth-order valence-corrected chi connectivity index (χ4v) is 2.37. The van der Waals surface area contributed by atoms with Crippen molar-refractivity contribution in [3.63, 3.8) is 0 Å². The molecule has 6 heteroatoms. The lowest BCUT2D eigenvalue weighted by atomic mass is 10.1. The van der Waals surface area contributed by atoms with E-state index in [1.807, 2.05) is 6.07 Å². The Morgan fingerprint density at radius 2 is 1.95 bits per heavy atom. The third kappa shape index (κ3) is 2.78. The van der Waals surface area contributed by atoms with Gasteiger partial charge >= 0.3 is 0 Å². The number of aromatic nitrogens is 1. The maximum atomic E-state index is 13.8. The summed E-state index contributed by atoms with van der Waals surface area (Å²) in [4.78, 5) is 4.18. The highest BCUT2D eigenvalue weighted by Gasteiger charge is 2.14. The third-order valence-corrected chi connectivity index (χ3v) is 3.33. The van der Waals surface area contributed by atoms with Crippen LogP contribution in [0.4, 0.5) is 20.2 Å². The first-order chi connectivity index (χ1) is 9.42. The van der Waals surface area contributed by atoms with Crippen molar-refractivity contribution in [1.82, 2.24) is 4.98 Å². The number of aryl methyl sites for hydroxylation is 2. The van der Waals surface area contributed by atoms with Gasteiger partial charge in [-0.05, 0) is 41.9 Å². The molecule has 0 aliphatic heterocycles. The largest absolute Gasteiger partial charge is 0.351 e. The standard InChI is InChI=1S/C14H10BrF2N3/c1-7-3-13(10(6-18)8(2)19-7)20-14-11(15)4-9(16)5-12(14)17/h3-5H,1-2H3,(H,19,20). The van der Waals surface area contributed by atoms with Crippen molar-refractivity contribution in [2.75, 3.05) is 5.32 Å². The average Bonchev–Trinajstić information content (AvgIpc) is 2.33. The molecule has 0 atom stereocenters. The van der Waals surface area contributed by atoms with Crippen LogP contribution in [-0.4, -0.2) is 4.98 Å². The summed E-state index contributed by atoms with van der Waals surface area (Å²) in [6, 6.07) is 5.59. The van der Waals surface area contributed by atoms with Gasteiger partial charge in [0.2, 0.25) is 0 Å². The first-order valence-corrected chi connectivity index (χ1v) is 6.51. The number of hydrogen-bond acceptors (Lipinski definition) is 3. The summed E-state index contributed by atoms with van der Waals surface area (Å²) in [7, 11) is 0. The minimum Gasteiger partial charge on any atom is -0.351 e. The van der Waals surface area contributed by atoms with Crippen LogP contribution < -0.4 is 5.32 Å². The predicted molar refractivity (Wildman–Crippen MR) is 75.8 cm³/mol. The van der Waals surface area contributed by atoms with E-state index in [0.717, 1.165) is 12.1 Å². The zero-order valence-electron chi connectivity index (χ0n) is 10.8. The van der Waals surface area contributed by atoms with Gasteiger partial charge in [0.25, 0.3) is 0 Å². The fourth-order valence-electron chi connectivity index (χ4n) is 1.86. The molecule has 2 rings (SSSR count). The number of nitriles is 1. The molecule has 0 radical (unpaired) electrons. The second-order valence-electron chi connectivity index (χ2n) is 4.25. The van der Waals surface area contributed by atoms with Crippen molar-refractivity contribution in [2.24, 2.45) is 0 Å². The maximum absolute atomic E-state index is 13.8. The summed E-state index contributed by atoms with van der Waals surface area (Å²) < 4.78 is 27.1. The van der Waals surface area contributed by atoms with Gasteiger partial charge in [0, 0.05) is 16.2 Å². The highest BCUT2D eigenvalue weighted by atomic mass is 79.9. The van der Waals surface area contributed by atoms with Gasteiger partial charge < -0.3 is 5.32 Å². The molecule has 0 spiro atoms. The normalized spacial score (nSPS) is 10.2. The molecule has 1 heterocycles. The van der Waals surface area contributed by atoms with E-state index in [0.29, 0.717) is 22.6 Å². The molecule has 0 unspecified atom stereocenters. The molecule has 1 aromatic heterocycles. The van der Waals surface area contributed by atoms with Crippen molar-refractivity contribution in [3.8, 4) is 6.07 Å². The molecule has 0 fully saturated rings. The SMILES string of the molecule is Cc1cc(Nc2c(F)cc(F)cc2Br)c(C#N)c(C)n1. The topological polar surface area (TPSA) is 48.7 Å². The van der Waals surface area contributed by atoms with Crippen molar-refractivity contribution in [3.05, 3.63) is 51.3 Å². The monoisotopic (exact) mass is 337 g/mol. The molecule has 0 saturated carbocycles. The first-order valence-electron chi connectivity index (χ1n) is 5.72. The van der Waals surface area contributed by atoms with Gasteiger partial charge in [0.05, 0.1) is 22.6 Å². The van der Waals surface area contributed by atoms with Gasteiger partial charge in [-0.25, -0.2) is 8.78 Å². The second-order valence-corrected chi connectivity index (χ2v) is 5.11. The Labute approximate surface area is 123 Å². The summed E-state index contributed by atoms with van der Waals surface area (Å²) in [6.07, 6.45) is 0. The van der Waals surface area contributed by atoms with Crippen LogP contribution in [0.25, 0.3) is 0 Å². The van der Waals surface area contributed by atoms with Crippen LogP contribution in [0.5, 0.6) is 0 Å². The number of hydrogen-bond donors (Lipinski definition) is 1. The molecule has 0 aliphatic rings. The summed E-state index contributed by atoms with van der Waals surface area (Å²) in [5.74, 6) is -1.42. The fraction of sp³-hybridized carbons (Fsp3) is 0.143. The molecule has 0 bridgehead atoms. The summed E-state index contributed by atoms with van der Waals surface area (Å²) >= 11 is 3.10. The van der Waals surface area contributed by atoms with Crippen LogP contribution in [0, 0.1) is 36.8 Å². The zero-order valence-corrected chi connectivity index (χ0v) is 12.3. The Bertz CT molecular complexity index is 700. The Kier molecular flexibility index (Phi) is 4.00. The van der Waals surface area contributed by atoms with Gasteiger partial charge in [-0.3, -0.25) is 4.98 Å². The number of nitrogens with zero attached hydrogens (tertiary/aromatic N) is 2. The lowest BCUT2D eigenvalue weighted by molar-refractivity contribution is 0.584. The van der Waals surface area contributed by atoms with E-state index < -0.39 is 11.6 Å². The highest BCUT2D eigenvalue weighted by Crippen LogP contribution is 2.31. The minimum atomic E-state index is -0.743. The van der Waals surface area contributed by atoms with Crippen molar-refractivity contribution >= 4 is 27.3 Å². The van der Waals surface area contributed by atoms with Gasteiger partial charge in [0.15, 0.2) is 5.82 Å². The molecule has 2 aromatic rings. The van der Waals surface area contributed by atoms with Crippen molar-refractivity contribution in [1.29, 1.82) is 5.26 Å². The van der Waals surface area contributed by atoms with Gasteiger partial charge in [-0.1, -0.05) is 0 Å². The number of halogens is 3. The molecular weight excluding hydrogens is 328 g/mol. The van der Waals surface area contributed by atoms with Crippen molar-refractivity contribution < 1.29 is 8.78 Å². The quantitative estimate of drug-likeness (QED) is 0.885. The molecule has 1 N–H and O–H groups in total. The first kappa shape index (κ1) is 14.4. The van der Waals surface area contributed by atoms with Crippen LogP contribution in [0.3, 0.4) is 0 Å². The number of nitrogens with one attached hydrogen (secondary N) is 1. The van der Waals surface area contributed by atoms with E-state index in [-0.39, 0.29) is 10.2 Å². The third-order valence-electron chi connectivity index (χ3n) is 2.71. The van der Waals surface area contributed by atoms with E-state index in [1.165, 1.54) is 0 Å². The minimum absolute atomic E-state index is 0.0768. The summed E-state index contributed by atoms with van der Waals surface area (Å²) in [5.41, 5.74) is 2.08. The predicted octanol–water partition coefficient (Wildman–Crippen LogP) is 4.35. The Morgan fingerprint density at radius 3 is 2.55 bits per heavy atom. The van der Waals surface area contributed by atoms with Gasteiger partial charge in [-0.2, -0.15) is 5.26 Å².